The number of hydrogen-bond acceptors (Lipinski definition) is 3. The Morgan fingerprint density at radius 1 is 1.16 bits per heavy atom. The number of nitrogens with one attached hydrogen (secondary N) is 1. The Labute approximate surface area is 153 Å². The molecule has 0 spiro atoms. The third-order valence-electron chi connectivity index (χ3n) is 6.17. The first-order chi connectivity index (χ1) is 12.2. The van der Waals surface area contributed by atoms with Crippen LogP contribution in [-0.2, 0) is 10.3 Å². The summed E-state index contributed by atoms with van der Waals surface area (Å²) >= 11 is 0. The van der Waals surface area contributed by atoms with Gasteiger partial charge in [0.1, 0.15) is 5.60 Å². The van der Waals surface area contributed by atoms with Crippen molar-refractivity contribution in [2.45, 2.75) is 70.0 Å². The van der Waals surface area contributed by atoms with Gasteiger partial charge in [-0.1, -0.05) is 69.4 Å². The van der Waals surface area contributed by atoms with Crippen LogP contribution >= 0.6 is 0 Å². The highest BCUT2D eigenvalue weighted by Crippen LogP contribution is 2.37. The summed E-state index contributed by atoms with van der Waals surface area (Å²) in [6.45, 7) is 4.67. The van der Waals surface area contributed by atoms with Crippen LogP contribution in [0.5, 0.6) is 0 Å². The van der Waals surface area contributed by atoms with E-state index in [4.69, 9.17) is 4.74 Å². The zero-order valence-electron chi connectivity index (χ0n) is 15.8. The Morgan fingerprint density at radius 2 is 1.92 bits per heavy atom. The molecule has 2 N–H and O–H groups in total. The molecule has 1 saturated carbocycles. The molecule has 1 aliphatic heterocycles. The third kappa shape index (κ3) is 5.06. The largest absolute Gasteiger partial charge is 0.383 e. The maximum atomic E-state index is 11.5. The van der Waals surface area contributed by atoms with Crippen LogP contribution in [0.1, 0.15) is 63.9 Å². The number of rotatable bonds is 8. The molecular formula is C22H35NO2. The highest BCUT2D eigenvalue weighted by atomic mass is 16.5. The summed E-state index contributed by atoms with van der Waals surface area (Å²) in [4.78, 5) is 0. The fraction of sp³-hybridized carbons (Fsp3) is 0.727. The average Bonchev–Trinajstić information content (AvgIpc) is 3.15. The maximum Gasteiger partial charge on any atom is 0.113 e. The van der Waals surface area contributed by atoms with E-state index in [-0.39, 0.29) is 6.10 Å². The normalized spacial score (nSPS) is 27.3. The molecule has 1 saturated heterocycles. The minimum absolute atomic E-state index is 0.229. The third-order valence-corrected chi connectivity index (χ3v) is 6.17. The monoisotopic (exact) mass is 345 g/mol. The lowest BCUT2D eigenvalue weighted by atomic mass is 9.84. The van der Waals surface area contributed by atoms with Crippen molar-refractivity contribution in [2.24, 2.45) is 11.8 Å². The SMILES string of the molecule is CCCC1CCNCC1OCC(O)(CC1CCCC1)c1ccccc1. The molecule has 0 amide bonds. The van der Waals surface area contributed by atoms with Gasteiger partial charge in [0.15, 0.2) is 0 Å². The van der Waals surface area contributed by atoms with Gasteiger partial charge in [-0.15, -0.1) is 0 Å². The van der Waals surface area contributed by atoms with Gasteiger partial charge in [0.25, 0.3) is 0 Å². The van der Waals surface area contributed by atoms with Crippen LogP contribution < -0.4 is 5.32 Å². The minimum Gasteiger partial charge on any atom is -0.383 e. The van der Waals surface area contributed by atoms with Gasteiger partial charge in [-0.05, 0) is 43.2 Å². The van der Waals surface area contributed by atoms with Crippen LogP contribution in [0.15, 0.2) is 30.3 Å². The van der Waals surface area contributed by atoms with Crippen molar-refractivity contribution in [1.29, 1.82) is 0 Å². The predicted molar refractivity (Wildman–Crippen MR) is 103 cm³/mol. The van der Waals surface area contributed by atoms with Gasteiger partial charge in [0.05, 0.1) is 12.7 Å². The molecule has 3 unspecified atom stereocenters. The standard InChI is InChI=1S/C22H35NO2/c1-2-8-19-13-14-23-16-21(19)25-17-22(24,15-18-9-6-7-10-18)20-11-4-3-5-12-20/h3-5,11-12,18-19,21,23-24H,2,6-10,13-17H2,1H3. The van der Waals surface area contributed by atoms with Crippen molar-refractivity contribution in [3.63, 3.8) is 0 Å². The fourth-order valence-corrected chi connectivity index (χ4v) is 4.73. The molecular weight excluding hydrogens is 310 g/mol. The Kier molecular flexibility index (Phi) is 6.92. The molecule has 0 aromatic heterocycles. The zero-order valence-corrected chi connectivity index (χ0v) is 15.8. The first kappa shape index (κ1) is 18.9. The summed E-state index contributed by atoms with van der Waals surface area (Å²) < 4.78 is 6.37. The summed E-state index contributed by atoms with van der Waals surface area (Å²) in [5.74, 6) is 1.25. The lowest BCUT2D eigenvalue weighted by molar-refractivity contribution is -0.106. The van der Waals surface area contributed by atoms with E-state index in [2.05, 4.69) is 24.4 Å². The van der Waals surface area contributed by atoms with Gasteiger partial charge in [-0.25, -0.2) is 0 Å². The average molecular weight is 346 g/mol. The summed E-state index contributed by atoms with van der Waals surface area (Å²) in [5.41, 5.74) is 0.155. The molecule has 0 radical (unpaired) electrons. The van der Waals surface area contributed by atoms with E-state index in [1.54, 1.807) is 0 Å². The van der Waals surface area contributed by atoms with Crippen LogP contribution in [0.25, 0.3) is 0 Å². The summed E-state index contributed by atoms with van der Waals surface area (Å²) in [6, 6.07) is 10.2. The second-order valence-electron chi connectivity index (χ2n) is 8.14. The van der Waals surface area contributed by atoms with Crippen molar-refractivity contribution in [2.75, 3.05) is 19.7 Å². The summed E-state index contributed by atoms with van der Waals surface area (Å²) in [7, 11) is 0. The zero-order chi connectivity index (χ0) is 17.5. The number of piperidine rings is 1. The maximum absolute atomic E-state index is 11.5. The molecule has 2 aliphatic rings. The Bertz CT molecular complexity index is 498. The topological polar surface area (TPSA) is 41.5 Å². The van der Waals surface area contributed by atoms with Gasteiger partial charge in [0, 0.05) is 6.54 Å². The molecule has 1 aromatic carbocycles. The van der Waals surface area contributed by atoms with Crippen molar-refractivity contribution in [1.82, 2.24) is 5.32 Å². The number of hydrogen-bond donors (Lipinski definition) is 2. The first-order valence-electron chi connectivity index (χ1n) is 10.3. The summed E-state index contributed by atoms with van der Waals surface area (Å²) in [6.07, 6.45) is 9.78. The molecule has 3 heteroatoms. The quantitative estimate of drug-likeness (QED) is 0.740. The molecule has 3 atom stereocenters. The highest BCUT2D eigenvalue weighted by molar-refractivity contribution is 5.22. The van der Waals surface area contributed by atoms with Crippen LogP contribution in [0.3, 0.4) is 0 Å². The van der Waals surface area contributed by atoms with E-state index in [9.17, 15) is 5.11 Å². The molecule has 1 aromatic rings. The van der Waals surface area contributed by atoms with Gasteiger partial charge in [-0.2, -0.15) is 0 Å². The predicted octanol–water partition coefficient (Wildman–Crippen LogP) is 4.25. The van der Waals surface area contributed by atoms with E-state index in [0.717, 1.165) is 25.1 Å². The number of aliphatic hydroxyl groups is 1. The van der Waals surface area contributed by atoms with E-state index < -0.39 is 5.60 Å². The van der Waals surface area contributed by atoms with Gasteiger partial charge >= 0.3 is 0 Å². The Hall–Kier alpha value is -0.900. The van der Waals surface area contributed by atoms with Crippen LogP contribution in [0, 0.1) is 11.8 Å². The van der Waals surface area contributed by atoms with Crippen LogP contribution in [0.4, 0.5) is 0 Å². The molecule has 25 heavy (non-hydrogen) atoms. The molecule has 2 fully saturated rings. The lowest BCUT2D eigenvalue weighted by Crippen LogP contribution is -2.45. The highest BCUT2D eigenvalue weighted by Gasteiger charge is 2.36. The lowest BCUT2D eigenvalue weighted by Gasteiger charge is -2.37. The van der Waals surface area contributed by atoms with Gasteiger partial charge in [-0.3, -0.25) is 0 Å². The Balaban J connectivity index is 1.68. The van der Waals surface area contributed by atoms with Crippen molar-refractivity contribution < 1.29 is 9.84 Å². The summed E-state index contributed by atoms with van der Waals surface area (Å²) in [5, 5.41) is 15.0. The molecule has 3 rings (SSSR count). The fourth-order valence-electron chi connectivity index (χ4n) is 4.73. The molecule has 0 bridgehead atoms. The van der Waals surface area contributed by atoms with Crippen LogP contribution in [-0.4, -0.2) is 30.9 Å². The molecule has 140 valence electrons. The first-order valence-corrected chi connectivity index (χ1v) is 10.3. The van der Waals surface area contributed by atoms with E-state index in [0.29, 0.717) is 18.4 Å². The van der Waals surface area contributed by atoms with Crippen molar-refractivity contribution >= 4 is 0 Å². The second kappa shape index (κ2) is 9.16. The molecule has 3 nitrogen and oxygen atoms in total. The van der Waals surface area contributed by atoms with E-state index >= 15 is 0 Å². The number of ether oxygens (including phenoxy) is 1. The Morgan fingerprint density at radius 3 is 2.64 bits per heavy atom. The molecule has 1 aliphatic carbocycles. The van der Waals surface area contributed by atoms with Crippen molar-refractivity contribution in [3.05, 3.63) is 35.9 Å². The minimum atomic E-state index is -0.857. The van der Waals surface area contributed by atoms with E-state index in [1.165, 1.54) is 44.9 Å². The van der Waals surface area contributed by atoms with Gasteiger partial charge in [0.2, 0.25) is 0 Å². The van der Waals surface area contributed by atoms with Crippen molar-refractivity contribution in [3.8, 4) is 0 Å². The second-order valence-corrected chi connectivity index (χ2v) is 8.14. The van der Waals surface area contributed by atoms with Crippen LogP contribution in [0.2, 0.25) is 0 Å². The smallest absolute Gasteiger partial charge is 0.113 e. The number of benzene rings is 1. The van der Waals surface area contributed by atoms with Gasteiger partial charge < -0.3 is 15.2 Å². The molecule has 1 heterocycles. The van der Waals surface area contributed by atoms with E-state index in [1.807, 2.05) is 18.2 Å².